The molecule has 38 heavy (non-hydrogen) atoms. The molecule has 4 aromatic rings. The summed E-state index contributed by atoms with van der Waals surface area (Å²) in [6.45, 7) is 3.94. The Balaban J connectivity index is 1.39. The summed E-state index contributed by atoms with van der Waals surface area (Å²) in [4.78, 5) is 24.8. The average Bonchev–Trinajstić information content (AvgIpc) is 2.90. The van der Waals surface area contributed by atoms with E-state index in [1.165, 1.54) is 12.2 Å². The first-order chi connectivity index (χ1) is 18.3. The van der Waals surface area contributed by atoms with Crippen molar-refractivity contribution in [2.75, 3.05) is 10.6 Å². The number of nitrogens with one attached hydrogen (secondary N) is 2. The van der Waals surface area contributed by atoms with E-state index >= 15 is 0 Å². The summed E-state index contributed by atoms with van der Waals surface area (Å²) in [7, 11) is 0. The van der Waals surface area contributed by atoms with Crippen LogP contribution in [-0.2, 0) is 9.59 Å². The first kappa shape index (κ1) is 27.3. The molecule has 0 bridgehead atoms. The standard InChI is InChI=1S/C32H26Br2N2O2/c1-21-19-25(9-15-29(21)35-31(37)17-7-23-3-11-27(33)12-4-23)26-10-16-30(22(2)20-26)36-32(38)18-8-24-5-13-28(34)14-6-24/h3-20H,1-2H3,(H,35,37)(H,36,38). The number of amides is 2. The Morgan fingerprint density at radius 3 is 1.29 bits per heavy atom. The van der Waals surface area contributed by atoms with Crippen LogP contribution in [0.2, 0.25) is 0 Å². The fourth-order valence-electron chi connectivity index (χ4n) is 3.81. The number of benzene rings is 4. The molecular formula is C32H26Br2N2O2. The molecule has 0 fully saturated rings. The van der Waals surface area contributed by atoms with Gasteiger partial charge in [0.1, 0.15) is 0 Å². The van der Waals surface area contributed by atoms with Gasteiger partial charge in [-0.2, -0.15) is 0 Å². The highest BCUT2D eigenvalue weighted by Gasteiger charge is 2.08. The third-order valence-electron chi connectivity index (χ3n) is 5.90. The second kappa shape index (κ2) is 12.7. The summed E-state index contributed by atoms with van der Waals surface area (Å²) < 4.78 is 1.99. The lowest BCUT2D eigenvalue weighted by atomic mass is 10.00. The molecule has 0 atom stereocenters. The molecule has 0 aliphatic carbocycles. The molecule has 0 radical (unpaired) electrons. The molecule has 2 N–H and O–H groups in total. The van der Waals surface area contributed by atoms with Crippen molar-refractivity contribution in [3.05, 3.63) is 128 Å². The van der Waals surface area contributed by atoms with E-state index in [9.17, 15) is 9.59 Å². The van der Waals surface area contributed by atoms with Gasteiger partial charge in [0.25, 0.3) is 0 Å². The minimum Gasteiger partial charge on any atom is -0.322 e. The third kappa shape index (κ3) is 7.63. The molecule has 0 saturated carbocycles. The number of hydrogen-bond donors (Lipinski definition) is 2. The van der Waals surface area contributed by atoms with Gasteiger partial charge >= 0.3 is 0 Å². The summed E-state index contributed by atoms with van der Waals surface area (Å²) in [5.74, 6) is -0.372. The van der Waals surface area contributed by atoms with Crippen molar-refractivity contribution < 1.29 is 9.59 Å². The van der Waals surface area contributed by atoms with Crippen molar-refractivity contribution in [2.24, 2.45) is 0 Å². The van der Waals surface area contributed by atoms with Crippen molar-refractivity contribution in [1.82, 2.24) is 0 Å². The summed E-state index contributed by atoms with van der Waals surface area (Å²) in [5.41, 5.74) is 7.40. The second-order valence-electron chi connectivity index (χ2n) is 8.81. The maximum atomic E-state index is 12.4. The van der Waals surface area contributed by atoms with Gasteiger partial charge in [0, 0.05) is 32.5 Å². The zero-order valence-corrected chi connectivity index (χ0v) is 24.1. The van der Waals surface area contributed by atoms with Crippen molar-refractivity contribution in [3.63, 3.8) is 0 Å². The molecule has 0 unspecified atom stereocenters. The number of hydrogen-bond acceptors (Lipinski definition) is 2. The third-order valence-corrected chi connectivity index (χ3v) is 6.95. The number of aryl methyl sites for hydroxylation is 2. The number of carbonyl (C=O) groups excluding carboxylic acids is 2. The normalized spacial score (nSPS) is 11.2. The Labute approximate surface area is 239 Å². The molecule has 0 aliphatic rings. The van der Waals surface area contributed by atoms with Gasteiger partial charge in [0.05, 0.1) is 0 Å². The van der Waals surface area contributed by atoms with E-state index in [4.69, 9.17) is 0 Å². The van der Waals surface area contributed by atoms with Gasteiger partial charge < -0.3 is 10.6 Å². The topological polar surface area (TPSA) is 58.2 Å². The molecule has 4 rings (SSSR count). The predicted molar refractivity (Wildman–Crippen MR) is 165 cm³/mol. The number of anilines is 2. The number of halogens is 2. The molecule has 2 amide bonds. The average molecular weight is 630 g/mol. The van der Waals surface area contributed by atoms with E-state index in [1.807, 2.05) is 98.8 Å². The summed E-state index contributed by atoms with van der Waals surface area (Å²) in [6, 6.07) is 27.4. The van der Waals surface area contributed by atoms with Crippen LogP contribution in [-0.4, -0.2) is 11.8 Å². The Morgan fingerprint density at radius 1 is 0.579 bits per heavy atom. The van der Waals surface area contributed by atoms with Crippen LogP contribution >= 0.6 is 31.9 Å². The van der Waals surface area contributed by atoms with Gasteiger partial charge in [-0.05, 0) is 108 Å². The monoisotopic (exact) mass is 628 g/mol. The number of carbonyl (C=O) groups is 2. The van der Waals surface area contributed by atoms with Crippen LogP contribution in [0.15, 0.2) is 106 Å². The maximum absolute atomic E-state index is 12.4. The van der Waals surface area contributed by atoms with E-state index in [0.29, 0.717) is 0 Å². The SMILES string of the molecule is Cc1cc(-c2ccc(NC(=O)C=Cc3ccc(Br)cc3)c(C)c2)ccc1NC(=O)C=Cc1ccc(Br)cc1. The lowest BCUT2D eigenvalue weighted by Gasteiger charge is -2.12. The van der Waals surface area contributed by atoms with E-state index < -0.39 is 0 Å². The molecule has 190 valence electrons. The van der Waals surface area contributed by atoms with Gasteiger partial charge in [-0.3, -0.25) is 9.59 Å². The van der Waals surface area contributed by atoms with E-state index in [2.05, 4.69) is 42.5 Å². The van der Waals surface area contributed by atoms with Gasteiger partial charge in [-0.15, -0.1) is 0 Å². The molecule has 0 heterocycles. The van der Waals surface area contributed by atoms with Gasteiger partial charge in [0.2, 0.25) is 11.8 Å². The van der Waals surface area contributed by atoms with Gasteiger partial charge in [-0.1, -0.05) is 68.3 Å². The van der Waals surface area contributed by atoms with Crippen LogP contribution in [0.1, 0.15) is 22.3 Å². The van der Waals surface area contributed by atoms with Crippen LogP contribution in [0.3, 0.4) is 0 Å². The minimum atomic E-state index is -0.186. The van der Waals surface area contributed by atoms with Gasteiger partial charge in [0.15, 0.2) is 0 Å². The largest absolute Gasteiger partial charge is 0.322 e. The fraction of sp³-hybridized carbons (Fsp3) is 0.0625. The molecule has 4 aromatic carbocycles. The summed E-state index contributed by atoms with van der Waals surface area (Å²) in [5, 5.41) is 5.90. The number of rotatable bonds is 7. The second-order valence-corrected chi connectivity index (χ2v) is 10.6. The highest BCUT2D eigenvalue weighted by atomic mass is 79.9. The molecule has 0 aliphatic heterocycles. The van der Waals surface area contributed by atoms with Crippen molar-refractivity contribution >= 4 is 67.2 Å². The van der Waals surface area contributed by atoms with Crippen LogP contribution < -0.4 is 10.6 Å². The van der Waals surface area contributed by atoms with E-state index in [-0.39, 0.29) is 11.8 Å². The zero-order chi connectivity index (χ0) is 27.1. The van der Waals surface area contributed by atoms with E-state index in [1.54, 1.807) is 12.2 Å². The first-order valence-electron chi connectivity index (χ1n) is 12.0. The Bertz CT molecular complexity index is 1410. The Hall–Kier alpha value is -3.74. The van der Waals surface area contributed by atoms with Crippen LogP contribution in [0.25, 0.3) is 23.3 Å². The molecule has 0 saturated heterocycles. The van der Waals surface area contributed by atoms with E-state index in [0.717, 1.165) is 53.7 Å². The molecule has 6 heteroatoms. The Morgan fingerprint density at radius 2 is 0.947 bits per heavy atom. The Kier molecular flexibility index (Phi) is 9.10. The summed E-state index contributed by atoms with van der Waals surface area (Å²) >= 11 is 6.82. The van der Waals surface area contributed by atoms with Gasteiger partial charge in [-0.25, -0.2) is 0 Å². The lowest BCUT2D eigenvalue weighted by molar-refractivity contribution is -0.112. The fourth-order valence-corrected chi connectivity index (χ4v) is 4.34. The quantitative estimate of drug-likeness (QED) is 0.201. The van der Waals surface area contributed by atoms with Crippen molar-refractivity contribution in [3.8, 4) is 11.1 Å². The van der Waals surface area contributed by atoms with Crippen LogP contribution in [0.4, 0.5) is 11.4 Å². The molecule has 4 nitrogen and oxygen atoms in total. The van der Waals surface area contributed by atoms with Crippen molar-refractivity contribution in [2.45, 2.75) is 13.8 Å². The molecule has 0 spiro atoms. The minimum absolute atomic E-state index is 0.186. The molecule has 0 aromatic heterocycles. The predicted octanol–water partition coefficient (Wildman–Crippen LogP) is 8.80. The first-order valence-corrected chi connectivity index (χ1v) is 13.6. The van der Waals surface area contributed by atoms with Crippen LogP contribution in [0.5, 0.6) is 0 Å². The zero-order valence-electron chi connectivity index (χ0n) is 21.0. The lowest BCUT2D eigenvalue weighted by Crippen LogP contribution is -2.09. The maximum Gasteiger partial charge on any atom is 0.248 e. The van der Waals surface area contributed by atoms with Crippen LogP contribution in [0, 0.1) is 13.8 Å². The summed E-state index contributed by atoms with van der Waals surface area (Å²) in [6.07, 6.45) is 6.62. The smallest absolute Gasteiger partial charge is 0.248 e. The highest BCUT2D eigenvalue weighted by molar-refractivity contribution is 9.10. The van der Waals surface area contributed by atoms with Crippen molar-refractivity contribution in [1.29, 1.82) is 0 Å². The highest BCUT2D eigenvalue weighted by Crippen LogP contribution is 2.28. The molecular weight excluding hydrogens is 604 g/mol.